The Hall–Kier alpha value is -2.88. The molecule has 1 aliphatic heterocycles. The number of fused-ring (bicyclic) bond motifs is 1. The molecule has 2 aliphatic rings. The summed E-state index contributed by atoms with van der Waals surface area (Å²) < 4.78 is 41.7. The second-order valence-corrected chi connectivity index (χ2v) is 10.1. The molecule has 10 heteroatoms. The van der Waals surface area contributed by atoms with Gasteiger partial charge in [-0.25, -0.2) is 4.39 Å². The van der Waals surface area contributed by atoms with Crippen molar-refractivity contribution in [2.24, 2.45) is 11.8 Å². The van der Waals surface area contributed by atoms with Crippen molar-refractivity contribution in [2.45, 2.75) is 51.5 Å². The van der Waals surface area contributed by atoms with Crippen LogP contribution in [0.5, 0.6) is 0 Å². The van der Waals surface area contributed by atoms with E-state index in [1.807, 2.05) is 25.8 Å². The predicted molar refractivity (Wildman–Crippen MR) is 126 cm³/mol. The third-order valence-corrected chi connectivity index (χ3v) is 7.42. The molecule has 33 heavy (non-hydrogen) atoms. The van der Waals surface area contributed by atoms with Crippen molar-refractivity contribution < 1.29 is 22.4 Å². The topological polar surface area (TPSA) is 111 Å². The lowest BCUT2D eigenvalue weighted by Gasteiger charge is -2.22. The number of halogens is 1. The van der Waals surface area contributed by atoms with E-state index in [-0.39, 0.29) is 34.1 Å². The molecule has 1 unspecified atom stereocenters. The first kappa shape index (κ1) is 24.8. The van der Waals surface area contributed by atoms with Crippen molar-refractivity contribution in [1.82, 2.24) is 4.98 Å². The van der Waals surface area contributed by atoms with Crippen molar-refractivity contribution in [3.05, 3.63) is 35.8 Å². The van der Waals surface area contributed by atoms with E-state index < -0.39 is 15.8 Å². The molecule has 0 spiro atoms. The van der Waals surface area contributed by atoms with Gasteiger partial charge in [0, 0.05) is 43.5 Å². The van der Waals surface area contributed by atoms with Gasteiger partial charge in [0.25, 0.3) is 10.0 Å². The summed E-state index contributed by atoms with van der Waals surface area (Å²) in [4.78, 5) is 26.9. The fourth-order valence-electron chi connectivity index (χ4n) is 4.20. The number of carbonyl (C=O) groups is 2. The van der Waals surface area contributed by atoms with Gasteiger partial charge in [0.05, 0.1) is 23.7 Å². The standard InChI is InChI=1S/C14H17FN4O2S.C9H14O2/c1-3-9-10(18-22(20,21)12-5-4-6-16-12)7-11-14(13(9)15)17-8-19(11)2;1-3-7-5-8(10)4-6(2)9(7)11/h4-7,16-18H,3,8H2,1-2H3;6-7H,3-5H2,1-2H3/t;6?,7-/m.0/s1. The van der Waals surface area contributed by atoms with E-state index in [9.17, 15) is 22.4 Å². The summed E-state index contributed by atoms with van der Waals surface area (Å²) >= 11 is 0. The summed E-state index contributed by atoms with van der Waals surface area (Å²) in [5.41, 5.74) is 1.67. The normalized spacial score (nSPS) is 20.1. The average molecular weight is 479 g/mol. The van der Waals surface area contributed by atoms with Crippen molar-refractivity contribution in [3.63, 3.8) is 0 Å². The van der Waals surface area contributed by atoms with E-state index in [0.717, 1.165) is 6.42 Å². The highest BCUT2D eigenvalue weighted by molar-refractivity contribution is 7.92. The number of carbonyl (C=O) groups excluding carboxylic acids is 2. The van der Waals surface area contributed by atoms with Crippen LogP contribution in [0.3, 0.4) is 0 Å². The Morgan fingerprint density at radius 2 is 1.97 bits per heavy atom. The Morgan fingerprint density at radius 1 is 1.24 bits per heavy atom. The monoisotopic (exact) mass is 478 g/mol. The second-order valence-electron chi connectivity index (χ2n) is 8.49. The zero-order chi connectivity index (χ0) is 24.3. The first-order valence-corrected chi connectivity index (χ1v) is 12.6. The van der Waals surface area contributed by atoms with Gasteiger partial charge < -0.3 is 15.2 Å². The number of aromatic amines is 1. The van der Waals surface area contributed by atoms with E-state index in [1.54, 1.807) is 19.1 Å². The highest BCUT2D eigenvalue weighted by Gasteiger charge is 2.31. The molecule has 2 atom stereocenters. The number of anilines is 3. The molecule has 1 aliphatic carbocycles. The third kappa shape index (κ3) is 5.21. The maximum absolute atomic E-state index is 14.6. The van der Waals surface area contributed by atoms with Gasteiger partial charge in [0.1, 0.15) is 11.6 Å². The molecule has 0 bridgehead atoms. The fraction of sp³-hybridized carbons (Fsp3) is 0.478. The molecule has 0 amide bonds. The maximum Gasteiger partial charge on any atom is 0.277 e. The van der Waals surface area contributed by atoms with Crippen molar-refractivity contribution >= 4 is 38.7 Å². The molecule has 2 aromatic rings. The largest absolute Gasteiger partial charge is 0.364 e. The summed E-state index contributed by atoms with van der Waals surface area (Å²) in [6.07, 6.45) is 3.67. The molecule has 0 radical (unpaired) electrons. The molecule has 2 heterocycles. The van der Waals surface area contributed by atoms with Crippen LogP contribution in [0.2, 0.25) is 0 Å². The molecule has 4 rings (SSSR count). The van der Waals surface area contributed by atoms with E-state index >= 15 is 0 Å². The van der Waals surface area contributed by atoms with Crippen LogP contribution in [0, 0.1) is 17.7 Å². The minimum Gasteiger partial charge on any atom is -0.364 e. The average Bonchev–Trinajstić information content (AvgIpc) is 3.43. The third-order valence-electron chi connectivity index (χ3n) is 6.10. The van der Waals surface area contributed by atoms with Gasteiger partial charge in [-0.05, 0) is 31.0 Å². The van der Waals surface area contributed by atoms with E-state index in [4.69, 9.17) is 0 Å². The molecule has 1 aromatic heterocycles. The predicted octanol–water partition coefficient (Wildman–Crippen LogP) is 3.92. The number of H-pyrrole nitrogens is 1. The quantitative estimate of drug-likeness (QED) is 0.601. The Kier molecular flexibility index (Phi) is 7.46. The van der Waals surface area contributed by atoms with Gasteiger partial charge >= 0.3 is 0 Å². The van der Waals surface area contributed by atoms with E-state index in [0.29, 0.717) is 42.9 Å². The van der Waals surface area contributed by atoms with Crippen LogP contribution in [0.4, 0.5) is 21.5 Å². The number of benzene rings is 1. The van der Waals surface area contributed by atoms with Crippen LogP contribution in [0.1, 0.15) is 45.6 Å². The van der Waals surface area contributed by atoms with Crippen molar-refractivity contribution in [1.29, 1.82) is 0 Å². The molecular weight excluding hydrogens is 447 g/mol. The summed E-state index contributed by atoms with van der Waals surface area (Å²) in [5.74, 6) is 0.122. The summed E-state index contributed by atoms with van der Waals surface area (Å²) in [6.45, 7) is 6.09. The Labute approximate surface area is 194 Å². The fourth-order valence-corrected chi connectivity index (χ4v) is 5.26. The number of nitrogens with one attached hydrogen (secondary N) is 3. The van der Waals surface area contributed by atoms with Crippen LogP contribution in [0.25, 0.3) is 0 Å². The molecule has 1 aromatic carbocycles. The van der Waals surface area contributed by atoms with Crippen LogP contribution < -0.4 is 14.9 Å². The zero-order valence-corrected chi connectivity index (χ0v) is 20.2. The maximum atomic E-state index is 14.6. The zero-order valence-electron chi connectivity index (χ0n) is 19.4. The number of hydrogen-bond donors (Lipinski definition) is 3. The summed E-state index contributed by atoms with van der Waals surface area (Å²) in [7, 11) is -1.95. The Morgan fingerprint density at radius 3 is 2.58 bits per heavy atom. The second kappa shape index (κ2) is 9.94. The molecular formula is C23H31FN4O4S. The molecule has 8 nitrogen and oxygen atoms in total. The first-order valence-electron chi connectivity index (χ1n) is 11.1. The number of ketones is 2. The molecule has 3 N–H and O–H groups in total. The minimum atomic E-state index is -3.77. The summed E-state index contributed by atoms with van der Waals surface area (Å²) in [5, 5.41) is 3.02. The van der Waals surface area contributed by atoms with E-state index in [1.165, 1.54) is 12.3 Å². The molecule has 1 saturated carbocycles. The van der Waals surface area contributed by atoms with Crippen LogP contribution in [-0.4, -0.2) is 38.7 Å². The van der Waals surface area contributed by atoms with Gasteiger partial charge in [-0.3, -0.25) is 14.3 Å². The number of nitrogens with zero attached hydrogens (tertiary/aromatic N) is 1. The highest BCUT2D eigenvalue weighted by atomic mass is 32.2. The lowest BCUT2D eigenvalue weighted by Crippen LogP contribution is -2.31. The van der Waals surface area contributed by atoms with Gasteiger partial charge in [-0.1, -0.05) is 20.8 Å². The van der Waals surface area contributed by atoms with Crippen molar-refractivity contribution in [2.75, 3.05) is 28.7 Å². The number of sulfonamides is 1. The van der Waals surface area contributed by atoms with Gasteiger partial charge in [0.15, 0.2) is 10.8 Å². The SMILES string of the molecule is CC[C@H]1CC(=O)CC(C)C1=O.CCc1c(NS(=O)(=O)c2ccc[nH]2)cc2c(c1F)NCN2C. The number of rotatable bonds is 5. The smallest absolute Gasteiger partial charge is 0.277 e. The highest BCUT2D eigenvalue weighted by Crippen LogP contribution is 2.39. The van der Waals surface area contributed by atoms with Gasteiger partial charge in [-0.2, -0.15) is 8.42 Å². The molecule has 1 fully saturated rings. The number of Topliss-reactive ketones (excluding diaryl/α,β-unsaturated/α-hetero) is 2. The molecule has 0 saturated heterocycles. The van der Waals surface area contributed by atoms with Gasteiger partial charge in [-0.15, -0.1) is 0 Å². The van der Waals surface area contributed by atoms with Crippen molar-refractivity contribution in [3.8, 4) is 0 Å². The number of aromatic nitrogens is 1. The number of hydrogen-bond acceptors (Lipinski definition) is 6. The minimum absolute atomic E-state index is 0.0197. The Bertz CT molecular complexity index is 1130. The van der Waals surface area contributed by atoms with Crippen LogP contribution in [-0.2, 0) is 26.0 Å². The summed E-state index contributed by atoms with van der Waals surface area (Å²) in [6, 6.07) is 4.71. The molecule has 180 valence electrons. The Balaban J connectivity index is 0.000000235. The van der Waals surface area contributed by atoms with Gasteiger partial charge in [0.2, 0.25) is 0 Å². The lowest BCUT2D eigenvalue weighted by molar-refractivity contribution is -0.136. The van der Waals surface area contributed by atoms with E-state index in [2.05, 4.69) is 15.0 Å². The first-order chi connectivity index (χ1) is 15.6. The lowest BCUT2D eigenvalue weighted by atomic mass is 9.79. The van der Waals surface area contributed by atoms with Crippen LogP contribution >= 0.6 is 0 Å². The van der Waals surface area contributed by atoms with Crippen LogP contribution in [0.15, 0.2) is 29.4 Å².